The van der Waals surface area contributed by atoms with Gasteiger partial charge >= 0.3 is 0 Å². The molecule has 3 aromatic rings. The monoisotopic (exact) mass is 411 g/mol. The van der Waals surface area contributed by atoms with Crippen molar-refractivity contribution in [2.45, 2.75) is 34.1 Å². The lowest BCUT2D eigenvalue weighted by Crippen LogP contribution is -2.25. The number of anilines is 1. The van der Waals surface area contributed by atoms with Gasteiger partial charge in [0.25, 0.3) is 0 Å². The topological polar surface area (TPSA) is 46.8 Å². The summed E-state index contributed by atoms with van der Waals surface area (Å²) in [4.78, 5) is 11.6. The number of aromatic nitrogens is 4. The third-order valence-corrected chi connectivity index (χ3v) is 4.96. The molecule has 3 rings (SSSR count). The Morgan fingerprint density at radius 1 is 1.04 bits per heavy atom. The van der Waals surface area contributed by atoms with Crippen LogP contribution in [0.2, 0.25) is 15.1 Å². The van der Waals surface area contributed by atoms with E-state index in [0.29, 0.717) is 32.2 Å². The molecule has 2 heterocycles. The standard InChI is InChI=1S/C18H20Cl3N5/c1-5-7-25(6-2)17-15-10(3)24-26(18(15)23-11(4)22-17)16-13(20)8-12(19)9-14(16)21/h8-9H,5-7H2,1-4H3. The Balaban J connectivity index is 2.33. The number of benzene rings is 1. The van der Waals surface area contributed by atoms with E-state index in [1.807, 2.05) is 13.8 Å². The van der Waals surface area contributed by atoms with Crippen LogP contribution in [-0.2, 0) is 0 Å². The highest BCUT2D eigenvalue weighted by molar-refractivity contribution is 6.40. The molecule has 0 aliphatic rings. The molecule has 26 heavy (non-hydrogen) atoms. The molecule has 0 saturated heterocycles. The average Bonchev–Trinajstić information content (AvgIpc) is 2.87. The van der Waals surface area contributed by atoms with Crippen LogP contribution in [0.4, 0.5) is 5.82 Å². The number of hydrogen-bond acceptors (Lipinski definition) is 4. The molecule has 5 nitrogen and oxygen atoms in total. The van der Waals surface area contributed by atoms with E-state index in [1.165, 1.54) is 0 Å². The van der Waals surface area contributed by atoms with Crippen molar-refractivity contribution in [3.05, 3.63) is 38.7 Å². The van der Waals surface area contributed by atoms with Gasteiger partial charge in [-0.25, -0.2) is 14.6 Å². The van der Waals surface area contributed by atoms with Gasteiger partial charge in [-0.15, -0.1) is 0 Å². The summed E-state index contributed by atoms with van der Waals surface area (Å²) < 4.78 is 1.68. The van der Waals surface area contributed by atoms with Crippen LogP contribution in [0.25, 0.3) is 16.7 Å². The van der Waals surface area contributed by atoms with E-state index in [0.717, 1.165) is 36.4 Å². The fraction of sp³-hybridized carbons (Fsp3) is 0.389. The van der Waals surface area contributed by atoms with Gasteiger partial charge < -0.3 is 4.90 Å². The lowest BCUT2D eigenvalue weighted by Gasteiger charge is -2.22. The van der Waals surface area contributed by atoms with Crippen molar-refractivity contribution in [3.63, 3.8) is 0 Å². The van der Waals surface area contributed by atoms with Crippen LogP contribution in [-0.4, -0.2) is 32.8 Å². The van der Waals surface area contributed by atoms with E-state index in [4.69, 9.17) is 39.8 Å². The van der Waals surface area contributed by atoms with Crippen molar-refractivity contribution in [1.29, 1.82) is 0 Å². The maximum atomic E-state index is 6.41. The molecule has 0 fully saturated rings. The van der Waals surface area contributed by atoms with Gasteiger partial charge in [-0.1, -0.05) is 41.7 Å². The second-order valence-corrected chi connectivity index (χ2v) is 7.34. The van der Waals surface area contributed by atoms with Crippen LogP contribution in [0.5, 0.6) is 0 Å². The van der Waals surface area contributed by atoms with Gasteiger partial charge in [-0.3, -0.25) is 0 Å². The number of nitrogens with zero attached hydrogens (tertiary/aromatic N) is 5. The highest BCUT2D eigenvalue weighted by Gasteiger charge is 2.22. The Labute approximate surface area is 167 Å². The molecular formula is C18H20Cl3N5. The van der Waals surface area contributed by atoms with Gasteiger partial charge in [0.1, 0.15) is 17.3 Å². The molecule has 2 aromatic heterocycles. The SMILES string of the molecule is CCCN(CC)c1nc(C)nc2c1c(C)nn2-c1c(Cl)cc(Cl)cc1Cl. The molecule has 0 saturated carbocycles. The second kappa shape index (κ2) is 7.59. The van der Waals surface area contributed by atoms with Gasteiger partial charge in [0.2, 0.25) is 0 Å². The van der Waals surface area contributed by atoms with Gasteiger partial charge in [0.15, 0.2) is 5.65 Å². The van der Waals surface area contributed by atoms with Gasteiger partial charge in [-0.05, 0) is 39.3 Å². The van der Waals surface area contributed by atoms with Crippen molar-refractivity contribution in [3.8, 4) is 5.69 Å². The first-order valence-corrected chi connectivity index (χ1v) is 9.64. The number of rotatable bonds is 5. The summed E-state index contributed by atoms with van der Waals surface area (Å²) in [5, 5.41) is 6.89. The fourth-order valence-electron chi connectivity index (χ4n) is 3.07. The van der Waals surface area contributed by atoms with E-state index in [-0.39, 0.29) is 0 Å². The Bertz CT molecular complexity index is 944. The molecule has 0 radical (unpaired) electrons. The van der Waals surface area contributed by atoms with E-state index in [2.05, 4.69) is 28.8 Å². The lowest BCUT2D eigenvalue weighted by atomic mass is 10.2. The quantitative estimate of drug-likeness (QED) is 0.545. The van der Waals surface area contributed by atoms with Crippen molar-refractivity contribution in [1.82, 2.24) is 19.7 Å². The summed E-state index contributed by atoms with van der Waals surface area (Å²) in [5.74, 6) is 1.56. The molecule has 0 atom stereocenters. The van der Waals surface area contributed by atoms with Crippen LogP contribution in [0.3, 0.4) is 0 Å². The summed E-state index contributed by atoms with van der Waals surface area (Å²) in [5.41, 5.74) is 2.08. The summed E-state index contributed by atoms with van der Waals surface area (Å²) in [7, 11) is 0. The summed E-state index contributed by atoms with van der Waals surface area (Å²) in [6.45, 7) is 9.85. The van der Waals surface area contributed by atoms with Crippen molar-refractivity contribution in [2.75, 3.05) is 18.0 Å². The summed E-state index contributed by atoms with van der Waals surface area (Å²) in [6.07, 6.45) is 1.03. The minimum absolute atomic E-state index is 0.422. The normalized spacial score (nSPS) is 11.3. The largest absolute Gasteiger partial charge is 0.356 e. The van der Waals surface area contributed by atoms with Crippen molar-refractivity contribution in [2.24, 2.45) is 0 Å². The molecule has 0 aliphatic heterocycles. The number of hydrogen-bond donors (Lipinski definition) is 0. The first kappa shape index (κ1) is 19.2. The molecule has 8 heteroatoms. The van der Waals surface area contributed by atoms with E-state index in [1.54, 1.807) is 16.8 Å². The van der Waals surface area contributed by atoms with Gasteiger partial charge in [0.05, 0.1) is 21.1 Å². The molecular weight excluding hydrogens is 393 g/mol. The van der Waals surface area contributed by atoms with E-state index >= 15 is 0 Å². The van der Waals surface area contributed by atoms with Crippen molar-refractivity contribution >= 4 is 51.7 Å². The Kier molecular flexibility index (Phi) is 5.61. The predicted molar refractivity (Wildman–Crippen MR) is 109 cm³/mol. The van der Waals surface area contributed by atoms with E-state index in [9.17, 15) is 0 Å². The van der Waals surface area contributed by atoms with E-state index < -0.39 is 0 Å². The van der Waals surface area contributed by atoms with Gasteiger partial charge in [0, 0.05) is 18.1 Å². The predicted octanol–water partition coefficient (Wildman–Crippen LogP) is 5.63. The fourth-order valence-corrected chi connectivity index (χ4v) is 4.05. The smallest absolute Gasteiger partial charge is 0.169 e. The molecule has 0 N–H and O–H groups in total. The summed E-state index contributed by atoms with van der Waals surface area (Å²) >= 11 is 18.9. The highest BCUT2D eigenvalue weighted by atomic mass is 35.5. The average molecular weight is 413 g/mol. The third-order valence-electron chi connectivity index (χ3n) is 4.16. The molecule has 0 amide bonds. The number of aryl methyl sites for hydroxylation is 2. The van der Waals surface area contributed by atoms with Gasteiger partial charge in [-0.2, -0.15) is 5.10 Å². The van der Waals surface area contributed by atoms with Crippen LogP contribution in [0, 0.1) is 13.8 Å². The molecule has 0 aliphatic carbocycles. The highest BCUT2D eigenvalue weighted by Crippen LogP contribution is 2.36. The number of fused-ring (bicyclic) bond motifs is 1. The minimum Gasteiger partial charge on any atom is -0.356 e. The molecule has 138 valence electrons. The Morgan fingerprint density at radius 3 is 2.27 bits per heavy atom. The molecule has 0 bridgehead atoms. The minimum atomic E-state index is 0.422. The summed E-state index contributed by atoms with van der Waals surface area (Å²) in [6, 6.07) is 3.30. The third kappa shape index (κ3) is 3.36. The lowest BCUT2D eigenvalue weighted by molar-refractivity contribution is 0.777. The molecule has 0 unspecified atom stereocenters. The van der Waals surface area contributed by atoms with Crippen molar-refractivity contribution < 1.29 is 0 Å². The second-order valence-electron chi connectivity index (χ2n) is 6.09. The zero-order valence-electron chi connectivity index (χ0n) is 15.1. The van der Waals surface area contributed by atoms with Crippen LogP contribution in [0.15, 0.2) is 12.1 Å². The maximum Gasteiger partial charge on any atom is 0.169 e. The van der Waals surface area contributed by atoms with Crippen LogP contribution in [0.1, 0.15) is 31.8 Å². The Morgan fingerprint density at radius 2 is 1.69 bits per heavy atom. The maximum absolute atomic E-state index is 6.41. The first-order chi connectivity index (χ1) is 12.4. The number of halogens is 3. The first-order valence-electron chi connectivity index (χ1n) is 8.51. The molecule has 1 aromatic carbocycles. The van der Waals surface area contributed by atoms with Crippen LogP contribution < -0.4 is 4.90 Å². The zero-order valence-corrected chi connectivity index (χ0v) is 17.4. The zero-order chi connectivity index (χ0) is 19.0. The van der Waals surface area contributed by atoms with Crippen LogP contribution >= 0.6 is 34.8 Å². The Hall–Kier alpha value is -1.56. The molecule has 0 spiro atoms.